The molecule has 5 rings (SSSR count). The van der Waals surface area contributed by atoms with Gasteiger partial charge in [0.15, 0.2) is 0 Å². The lowest BCUT2D eigenvalue weighted by molar-refractivity contribution is -0.110. The molecule has 0 unspecified atom stereocenters. The van der Waals surface area contributed by atoms with Crippen molar-refractivity contribution >= 4 is 34.1 Å². The van der Waals surface area contributed by atoms with E-state index in [1.165, 1.54) is 0 Å². The van der Waals surface area contributed by atoms with Crippen LogP contribution in [0.5, 0.6) is 0 Å². The topological polar surface area (TPSA) is 57.8 Å². The molecule has 0 saturated heterocycles. The third-order valence-electron chi connectivity index (χ3n) is 4.67. The van der Waals surface area contributed by atoms with Crippen LogP contribution in [-0.2, 0) is 4.79 Å². The van der Waals surface area contributed by atoms with Crippen LogP contribution in [0.2, 0.25) is 0 Å². The second-order valence-corrected chi connectivity index (χ2v) is 6.29. The highest BCUT2D eigenvalue weighted by Gasteiger charge is 2.27. The van der Waals surface area contributed by atoms with E-state index in [4.69, 9.17) is 0 Å². The van der Waals surface area contributed by atoms with Gasteiger partial charge in [-0.15, -0.1) is 0 Å². The molecule has 0 aliphatic carbocycles. The summed E-state index contributed by atoms with van der Waals surface area (Å²) in [5.41, 5.74) is 6.46. The smallest absolute Gasteiger partial charge is 0.256 e. The standard InChI is InChI=1S/C22H15N3O/c26-22-18(13-16-12-15-4-1-2-6-19(15)24-16)21-17(5-3-7-20(21)25-22)14-8-10-23-11-9-14/h1-13,24H,(H,25,26). The maximum atomic E-state index is 12.6. The molecular weight excluding hydrogens is 322 g/mol. The molecule has 1 amide bonds. The number of hydrogen-bond acceptors (Lipinski definition) is 2. The van der Waals surface area contributed by atoms with E-state index in [2.05, 4.69) is 27.4 Å². The third-order valence-corrected chi connectivity index (χ3v) is 4.67. The molecule has 4 heteroatoms. The summed E-state index contributed by atoms with van der Waals surface area (Å²) in [4.78, 5) is 20.1. The zero-order valence-corrected chi connectivity index (χ0v) is 13.9. The number of H-pyrrole nitrogens is 1. The Morgan fingerprint density at radius 3 is 2.62 bits per heavy atom. The number of carbonyl (C=O) groups excluding carboxylic acids is 1. The fourth-order valence-corrected chi connectivity index (χ4v) is 3.49. The molecule has 3 heterocycles. The minimum absolute atomic E-state index is 0.0832. The molecule has 0 atom stereocenters. The third kappa shape index (κ3) is 2.31. The number of anilines is 1. The summed E-state index contributed by atoms with van der Waals surface area (Å²) in [6, 6.07) is 20.0. The molecule has 0 fully saturated rings. The van der Waals surface area contributed by atoms with E-state index >= 15 is 0 Å². The summed E-state index contributed by atoms with van der Waals surface area (Å²) in [5, 5.41) is 4.10. The molecule has 0 saturated carbocycles. The molecule has 4 nitrogen and oxygen atoms in total. The lowest BCUT2D eigenvalue weighted by Crippen LogP contribution is -2.03. The number of pyridine rings is 1. The van der Waals surface area contributed by atoms with Gasteiger partial charge in [0.05, 0.1) is 5.57 Å². The van der Waals surface area contributed by atoms with Crippen molar-refractivity contribution in [1.82, 2.24) is 9.97 Å². The summed E-state index contributed by atoms with van der Waals surface area (Å²) in [6.45, 7) is 0. The van der Waals surface area contributed by atoms with Gasteiger partial charge in [-0.25, -0.2) is 0 Å². The van der Waals surface area contributed by atoms with Gasteiger partial charge in [0.25, 0.3) is 5.91 Å². The molecular formula is C22H15N3O. The minimum atomic E-state index is -0.0832. The number of aromatic nitrogens is 2. The molecule has 4 aromatic rings. The molecule has 1 aliphatic heterocycles. The van der Waals surface area contributed by atoms with Crippen molar-refractivity contribution < 1.29 is 4.79 Å². The first-order valence-electron chi connectivity index (χ1n) is 8.44. The average Bonchev–Trinajstić information content (AvgIpc) is 3.23. The molecule has 2 N–H and O–H groups in total. The van der Waals surface area contributed by atoms with Crippen molar-refractivity contribution in [3.05, 3.63) is 84.3 Å². The monoisotopic (exact) mass is 337 g/mol. The molecule has 2 aromatic carbocycles. The van der Waals surface area contributed by atoms with Gasteiger partial charge in [0, 0.05) is 34.9 Å². The van der Waals surface area contributed by atoms with E-state index in [0.29, 0.717) is 5.57 Å². The number of hydrogen-bond donors (Lipinski definition) is 2. The predicted octanol–water partition coefficient (Wildman–Crippen LogP) is 4.72. The number of aromatic amines is 1. The quantitative estimate of drug-likeness (QED) is 0.520. The van der Waals surface area contributed by atoms with E-state index < -0.39 is 0 Å². The summed E-state index contributed by atoms with van der Waals surface area (Å²) in [6.07, 6.45) is 5.45. The highest BCUT2D eigenvalue weighted by atomic mass is 16.2. The van der Waals surface area contributed by atoms with Gasteiger partial charge in [0.2, 0.25) is 0 Å². The Labute approximate surface area is 150 Å². The Balaban J connectivity index is 1.70. The van der Waals surface area contributed by atoms with Crippen molar-refractivity contribution in [3.63, 3.8) is 0 Å². The predicted molar refractivity (Wildman–Crippen MR) is 104 cm³/mol. The number of nitrogens with zero attached hydrogens (tertiary/aromatic N) is 1. The van der Waals surface area contributed by atoms with Crippen LogP contribution in [0, 0.1) is 0 Å². The average molecular weight is 337 g/mol. The second-order valence-electron chi connectivity index (χ2n) is 6.29. The number of benzene rings is 2. The van der Waals surface area contributed by atoms with Crippen LogP contribution in [0.4, 0.5) is 5.69 Å². The zero-order valence-electron chi connectivity index (χ0n) is 13.9. The van der Waals surface area contributed by atoms with Gasteiger partial charge in [-0.3, -0.25) is 9.78 Å². The number of carbonyl (C=O) groups is 1. The van der Waals surface area contributed by atoms with Crippen LogP contribution < -0.4 is 5.32 Å². The van der Waals surface area contributed by atoms with Gasteiger partial charge in [-0.1, -0.05) is 30.3 Å². The summed E-state index contributed by atoms with van der Waals surface area (Å²) < 4.78 is 0. The van der Waals surface area contributed by atoms with E-state index in [1.54, 1.807) is 12.4 Å². The Bertz CT molecular complexity index is 1140. The first-order valence-corrected chi connectivity index (χ1v) is 8.44. The Hall–Kier alpha value is -3.66. The van der Waals surface area contributed by atoms with E-state index in [-0.39, 0.29) is 5.91 Å². The van der Waals surface area contributed by atoms with Crippen molar-refractivity contribution in [2.75, 3.05) is 5.32 Å². The number of amides is 1. The maximum absolute atomic E-state index is 12.6. The maximum Gasteiger partial charge on any atom is 0.256 e. The minimum Gasteiger partial charge on any atom is -0.355 e. The fourth-order valence-electron chi connectivity index (χ4n) is 3.49. The van der Waals surface area contributed by atoms with Crippen LogP contribution in [0.3, 0.4) is 0 Å². The van der Waals surface area contributed by atoms with E-state index in [0.717, 1.165) is 39.0 Å². The fraction of sp³-hybridized carbons (Fsp3) is 0. The number of fused-ring (bicyclic) bond motifs is 2. The number of nitrogens with one attached hydrogen (secondary N) is 2. The molecule has 1 aliphatic rings. The molecule has 26 heavy (non-hydrogen) atoms. The van der Waals surface area contributed by atoms with Gasteiger partial charge < -0.3 is 10.3 Å². The Morgan fingerprint density at radius 2 is 1.77 bits per heavy atom. The molecule has 0 bridgehead atoms. The Kier molecular flexibility index (Phi) is 3.22. The van der Waals surface area contributed by atoms with Crippen molar-refractivity contribution in [3.8, 4) is 11.1 Å². The van der Waals surface area contributed by atoms with Crippen LogP contribution in [-0.4, -0.2) is 15.9 Å². The highest BCUT2D eigenvalue weighted by Crippen LogP contribution is 2.40. The Morgan fingerprint density at radius 1 is 0.923 bits per heavy atom. The van der Waals surface area contributed by atoms with E-state index in [9.17, 15) is 4.79 Å². The van der Waals surface area contributed by atoms with Gasteiger partial charge in [-0.2, -0.15) is 0 Å². The second kappa shape index (κ2) is 5.70. The van der Waals surface area contributed by atoms with Crippen LogP contribution in [0.15, 0.2) is 73.1 Å². The first-order chi connectivity index (χ1) is 12.8. The molecule has 0 spiro atoms. The SMILES string of the molecule is O=C1Nc2cccc(-c3ccncc3)c2C1=Cc1cc2ccccc2[nH]1. The van der Waals surface area contributed by atoms with Crippen molar-refractivity contribution in [2.45, 2.75) is 0 Å². The normalized spacial score (nSPS) is 14.6. The number of para-hydroxylation sites is 1. The van der Waals surface area contributed by atoms with Crippen molar-refractivity contribution in [2.24, 2.45) is 0 Å². The lowest BCUT2D eigenvalue weighted by atomic mass is 9.95. The molecule has 124 valence electrons. The zero-order chi connectivity index (χ0) is 17.5. The molecule has 0 radical (unpaired) electrons. The highest BCUT2D eigenvalue weighted by molar-refractivity contribution is 6.36. The van der Waals surface area contributed by atoms with Gasteiger partial charge >= 0.3 is 0 Å². The first kappa shape index (κ1) is 14.7. The van der Waals surface area contributed by atoms with E-state index in [1.807, 2.05) is 54.6 Å². The van der Waals surface area contributed by atoms with Crippen LogP contribution >= 0.6 is 0 Å². The summed E-state index contributed by atoms with van der Waals surface area (Å²) in [7, 11) is 0. The van der Waals surface area contributed by atoms with Gasteiger partial charge in [-0.05, 0) is 52.9 Å². The summed E-state index contributed by atoms with van der Waals surface area (Å²) >= 11 is 0. The van der Waals surface area contributed by atoms with Gasteiger partial charge in [0.1, 0.15) is 0 Å². The lowest BCUT2D eigenvalue weighted by Gasteiger charge is -2.08. The summed E-state index contributed by atoms with van der Waals surface area (Å²) in [5.74, 6) is -0.0832. The number of rotatable bonds is 2. The van der Waals surface area contributed by atoms with Crippen LogP contribution in [0.1, 0.15) is 11.3 Å². The molecule has 2 aromatic heterocycles. The largest absolute Gasteiger partial charge is 0.355 e. The van der Waals surface area contributed by atoms with Crippen molar-refractivity contribution in [1.29, 1.82) is 0 Å². The van der Waals surface area contributed by atoms with Crippen LogP contribution in [0.25, 0.3) is 33.7 Å².